The molecule has 2 aliphatic rings. The van der Waals surface area contributed by atoms with E-state index in [1.807, 2.05) is 18.2 Å². The molecule has 25 heavy (non-hydrogen) atoms. The molecule has 1 heterocycles. The molecule has 0 atom stereocenters. The molecule has 1 saturated carbocycles. The first-order chi connectivity index (χ1) is 12.1. The second-order valence-corrected chi connectivity index (χ2v) is 6.51. The Morgan fingerprint density at radius 3 is 2.64 bits per heavy atom. The molecule has 1 aliphatic carbocycles. The van der Waals surface area contributed by atoms with Crippen LogP contribution in [0.2, 0.25) is 0 Å². The van der Waals surface area contributed by atoms with Crippen molar-refractivity contribution in [1.82, 2.24) is 10.6 Å². The predicted molar refractivity (Wildman–Crippen MR) is 90.8 cm³/mol. The van der Waals surface area contributed by atoms with Gasteiger partial charge in [0.25, 0.3) is 0 Å². The highest BCUT2D eigenvalue weighted by Gasteiger charge is 2.26. The lowest BCUT2D eigenvalue weighted by atomic mass is 9.86. The van der Waals surface area contributed by atoms with Crippen molar-refractivity contribution >= 4 is 12.0 Å². The second kappa shape index (κ2) is 8.09. The van der Waals surface area contributed by atoms with Crippen molar-refractivity contribution in [3.63, 3.8) is 0 Å². The van der Waals surface area contributed by atoms with Crippen LogP contribution in [-0.4, -0.2) is 36.4 Å². The zero-order valence-electron chi connectivity index (χ0n) is 14.1. The fourth-order valence-electron chi connectivity index (χ4n) is 3.29. The molecular weight excluding hydrogens is 324 g/mol. The fraction of sp³-hybridized carbons (Fsp3) is 0.556. The molecule has 3 rings (SSSR count). The quantitative estimate of drug-likeness (QED) is 0.776. The molecule has 3 N–H and O–H groups in total. The van der Waals surface area contributed by atoms with Crippen LogP contribution in [-0.2, 0) is 11.3 Å². The van der Waals surface area contributed by atoms with Gasteiger partial charge in [0.2, 0.25) is 0 Å². The molecular formula is C18H24N2O5. The molecule has 7 heteroatoms. The van der Waals surface area contributed by atoms with E-state index in [0.29, 0.717) is 56.9 Å². The summed E-state index contributed by atoms with van der Waals surface area (Å²) >= 11 is 0. The van der Waals surface area contributed by atoms with Gasteiger partial charge in [-0.15, -0.1) is 0 Å². The number of rotatable bonds is 4. The topological polar surface area (TPSA) is 96.9 Å². The number of amides is 2. The lowest BCUT2D eigenvalue weighted by molar-refractivity contribution is -0.142. The van der Waals surface area contributed by atoms with E-state index in [1.165, 1.54) is 0 Å². The van der Waals surface area contributed by atoms with Crippen molar-refractivity contribution in [2.75, 3.05) is 13.2 Å². The lowest BCUT2D eigenvalue weighted by Crippen LogP contribution is -2.43. The van der Waals surface area contributed by atoms with E-state index in [4.69, 9.17) is 14.6 Å². The number of carbonyl (C=O) groups excluding carboxylic acids is 1. The molecule has 2 amide bonds. The van der Waals surface area contributed by atoms with Crippen LogP contribution in [0.5, 0.6) is 11.5 Å². The maximum Gasteiger partial charge on any atom is 0.315 e. The number of para-hydroxylation sites is 1. The number of carboxylic acid groups (broad SMARTS) is 1. The molecule has 0 unspecified atom stereocenters. The molecule has 1 aromatic rings. The molecule has 0 saturated heterocycles. The summed E-state index contributed by atoms with van der Waals surface area (Å²) in [5.41, 5.74) is 0.879. The molecule has 136 valence electrons. The first-order valence-corrected chi connectivity index (χ1v) is 8.78. The Labute approximate surface area is 146 Å². The van der Waals surface area contributed by atoms with Crippen LogP contribution in [0.25, 0.3) is 0 Å². The molecule has 1 aromatic carbocycles. The van der Waals surface area contributed by atoms with E-state index in [2.05, 4.69) is 10.6 Å². The van der Waals surface area contributed by atoms with Crippen molar-refractivity contribution < 1.29 is 24.2 Å². The van der Waals surface area contributed by atoms with Crippen LogP contribution < -0.4 is 20.1 Å². The first kappa shape index (κ1) is 17.4. The van der Waals surface area contributed by atoms with Gasteiger partial charge in [-0.05, 0) is 31.7 Å². The highest BCUT2D eigenvalue weighted by Crippen LogP contribution is 2.33. The minimum absolute atomic E-state index is 0.0306. The van der Waals surface area contributed by atoms with Crippen molar-refractivity contribution in [2.45, 2.75) is 44.7 Å². The van der Waals surface area contributed by atoms with Gasteiger partial charge in [0.05, 0.1) is 19.1 Å². The van der Waals surface area contributed by atoms with Gasteiger partial charge < -0.3 is 25.2 Å². The summed E-state index contributed by atoms with van der Waals surface area (Å²) in [5.74, 6) is 0.388. The number of aliphatic carboxylic acids is 1. The Bertz CT molecular complexity index is 626. The lowest BCUT2D eigenvalue weighted by Gasteiger charge is -2.26. The summed E-state index contributed by atoms with van der Waals surface area (Å²) in [4.78, 5) is 23.1. The molecule has 0 spiro atoms. The summed E-state index contributed by atoms with van der Waals surface area (Å²) in [5, 5.41) is 14.8. The van der Waals surface area contributed by atoms with Gasteiger partial charge >= 0.3 is 12.0 Å². The highest BCUT2D eigenvalue weighted by molar-refractivity contribution is 5.74. The average Bonchev–Trinajstić information content (AvgIpc) is 2.86. The number of carboxylic acids is 1. The number of ether oxygens (including phenoxy) is 2. The number of hydrogen-bond acceptors (Lipinski definition) is 4. The van der Waals surface area contributed by atoms with Gasteiger partial charge in [0.15, 0.2) is 11.5 Å². The third kappa shape index (κ3) is 4.55. The Morgan fingerprint density at radius 2 is 1.88 bits per heavy atom. The smallest absolute Gasteiger partial charge is 0.315 e. The monoisotopic (exact) mass is 348 g/mol. The van der Waals surface area contributed by atoms with Crippen LogP contribution >= 0.6 is 0 Å². The fourth-order valence-corrected chi connectivity index (χ4v) is 3.29. The summed E-state index contributed by atoms with van der Waals surface area (Å²) < 4.78 is 11.4. The Balaban J connectivity index is 1.49. The van der Waals surface area contributed by atoms with Crippen LogP contribution in [0.15, 0.2) is 18.2 Å². The minimum atomic E-state index is -0.741. The average molecular weight is 348 g/mol. The third-order valence-electron chi connectivity index (χ3n) is 4.70. The van der Waals surface area contributed by atoms with E-state index >= 15 is 0 Å². The van der Waals surface area contributed by atoms with Crippen molar-refractivity contribution in [3.8, 4) is 11.5 Å². The SMILES string of the molecule is O=C(NCc1cccc2c1OCCCO2)NC1CCC(C(=O)O)CC1. The third-order valence-corrected chi connectivity index (χ3v) is 4.70. The van der Waals surface area contributed by atoms with E-state index < -0.39 is 5.97 Å². The second-order valence-electron chi connectivity index (χ2n) is 6.51. The number of carbonyl (C=O) groups is 2. The van der Waals surface area contributed by atoms with Crippen LogP contribution in [0.1, 0.15) is 37.7 Å². The molecule has 0 aromatic heterocycles. The predicted octanol–water partition coefficient (Wildman–Crippen LogP) is 2.29. The maximum atomic E-state index is 12.1. The summed E-state index contributed by atoms with van der Waals surface area (Å²) in [6, 6.07) is 5.45. The summed E-state index contributed by atoms with van der Waals surface area (Å²) in [6.07, 6.45) is 3.44. The van der Waals surface area contributed by atoms with Gasteiger partial charge in [-0.3, -0.25) is 4.79 Å². The zero-order chi connectivity index (χ0) is 17.6. The van der Waals surface area contributed by atoms with Gasteiger partial charge in [-0.1, -0.05) is 12.1 Å². The van der Waals surface area contributed by atoms with Gasteiger partial charge in [-0.2, -0.15) is 0 Å². The Morgan fingerprint density at radius 1 is 1.12 bits per heavy atom. The number of urea groups is 1. The minimum Gasteiger partial charge on any atom is -0.490 e. The molecule has 0 radical (unpaired) electrons. The van der Waals surface area contributed by atoms with Crippen molar-refractivity contribution in [1.29, 1.82) is 0 Å². The van der Waals surface area contributed by atoms with Crippen LogP contribution in [0.4, 0.5) is 4.79 Å². The highest BCUT2D eigenvalue weighted by atomic mass is 16.5. The van der Waals surface area contributed by atoms with E-state index in [1.54, 1.807) is 0 Å². The normalized spacial score (nSPS) is 22.6. The maximum absolute atomic E-state index is 12.1. The van der Waals surface area contributed by atoms with Gasteiger partial charge in [0.1, 0.15) is 0 Å². The van der Waals surface area contributed by atoms with Crippen LogP contribution in [0, 0.1) is 5.92 Å². The number of benzene rings is 1. The van der Waals surface area contributed by atoms with Crippen LogP contribution in [0.3, 0.4) is 0 Å². The number of nitrogens with one attached hydrogen (secondary N) is 2. The summed E-state index contributed by atoms with van der Waals surface area (Å²) in [6.45, 7) is 1.58. The van der Waals surface area contributed by atoms with Gasteiger partial charge in [-0.25, -0.2) is 4.79 Å². The Hall–Kier alpha value is -2.44. The number of hydrogen-bond donors (Lipinski definition) is 3. The first-order valence-electron chi connectivity index (χ1n) is 8.78. The molecule has 0 bridgehead atoms. The van der Waals surface area contributed by atoms with Crippen molar-refractivity contribution in [3.05, 3.63) is 23.8 Å². The Kier molecular flexibility index (Phi) is 5.63. The number of fused-ring (bicyclic) bond motifs is 1. The largest absolute Gasteiger partial charge is 0.490 e. The van der Waals surface area contributed by atoms with Crippen molar-refractivity contribution in [2.24, 2.45) is 5.92 Å². The van der Waals surface area contributed by atoms with E-state index in [9.17, 15) is 9.59 Å². The van der Waals surface area contributed by atoms with Gasteiger partial charge in [0, 0.05) is 24.6 Å². The standard InChI is InChI=1S/C18H24N2O5/c21-17(22)12-5-7-14(8-6-12)20-18(23)19-11-13-3-1-4-15-16(13)25-10-2-9-24-15/h1,3-4,12,14H,2,5-11H2,(H,21,22)(H2,19,20,23). The van der Waals surface area contributed by atoms with E-state index in [-0.39, 0.29) is 18.0 Å². The summed E-state index contributed by atoms with van der Waals surface area (Å²) in [7, 11) is 0. The molecule has 1 fully saturated rings. The van der Waals surface area contributed by atoms with E-state index in [0.717, 1.165) is 12.0 Å². The molecule has 1 aliphatic heterocycles. The molecule has 7 nitrogen and oxygen atoms in total. The zero-order valence-corrected chi connectivity index (χ0v) is 14.1.